The minimum atomic E-state index is -0.217. The third-order valence-electron chi connectivity index (χ3n) is 0.611. The van der Waals surface area contributed by atoms with Crippen LogP contribution in [0.2, 0.25) is 0 Å². The molecule has 0 heterocycles. The van der Waals surface area contributed by atoms with Gasteiger partial charge in [0.15, 0.2) is 0 Å². The van der Waals surface area contributed by atoms with E-state index in [1.54, 1.807) is 0 Å². The minimum absolute atomic E-state index is 0.217. The summed E-state index contributed by atoms with van der Waals surface area (Å²) in [4.78, 5) is 0. The minimum Gasteiger partial charge on any atom is -0.309 e. The van der Waals surface area contributed by atoms with Crippen molar-refractivity contribution in [3.63, 3.8) is 0 Å². The van der Waals surface area contributed by atoms with Gasteiger partial charge >= 0.3 is 0 Å². The third-order valence-corrected chi connectivity index (χ3v) is 1.33. The predicted octanol–water partition coefficient (Wildman–Crippen LogP) is 0.773. The molecule has 1 N–H and O–H groups in total. The van der Waals surface area contributed by atoms with Gasteiger partial charge in [0.1, 0.15) is 0 Å². The average Bonchev–Trinajstić information content (AvgIpc) is 1.61. The Balaban J connectivity index is 2.88. The van der Waals surface area contributed by atoms with Crippen LogP contribution in [-0.4, -0.2) is 18.7 Å². The second-order valence-corrected chi connectivity index (χ2v) is 3.35. The summed E-state index contributed by atoms with van der Waals surface area (Å²) in [6.07, 6.45) is 2.05. The van der Waals surface area contributed by atoms with Gasteiger partial charge in [-0.3, -0.25) is 0 Å². The number of thiol groups is 1. The van der Waals surface area contributed by atoms with Gasteiger partial charge in [-0.1, -0.05) is 6.92 Å². The molecule has 0 aromatic rings. The van der Waals surface area contributed by atoms with E-state index in [1.165, 1.54) is 0 Å². The number of rotatable bonds is 2. The first-order valence-electron chi connectivity index (χ1n) is 2.44. The fraction of sp³-hybridized carbons (Fsp3) is 0.800. The van der Waals surface area contributed by atoms with Crippen molar-refractivity contribution in [2.45, 2.75) is 6.92 Å². The Bertz CT molecular complexity index is 90.0. The summed E-state index contributed by atoms with van der Waals surface area (Å²) in [5.41, 5.74) is 5.48. The lowest BCUT2D eigenvalue weighted by Gasteiger charge is -1.96. The molecule has 0 aliphatic carbocycles. The van der Waals surface area contributed by atoms with Crippen LogP contribution >= 0.6 is 10.3 Å². The van der Waals surface area contributed by atoms with Crippen LogP contribution in [0.3, 0.4) is 0 Å². The topological polar surface area (TPSA) is 12.0 Å². The number of nitrogens with one attached hydrogen (secondary N) is 1. The molecule has 1 nitrogen and oxygen atoms in total. The van der Waals surface area contributed by atoms with Gasteiger partial charge in [0.05, 0.1) is 0 Å². The second-order valence-electron chi connectivity index (χ2n) is 1.52. The molecule has 0 rings (SSSR count). The van der Waals surface area contributed by atoms with Crippen LogP contribution in [0.25, 0.3) is 0 Å². The molecule has 1 unspecified atom stereocenters. The van der Waals surface area contributed by atoms with E-state index < -0.39 is 0 Å². The summed E-state index contributed by atoms with van der Waals surface area (Å²) in [6.45, 7) is 3.11. The lowest BCUT2D eigenvalue weighted by molar-refractivity contribution is 0.840. The highest BCUT2D eigenvalue weighted by molar-refractivity contribution is 8.05. The van der Waals surface area contributed by atoms with Crippen molar-refractivity contribution < 1.29 is 0 Å². The first kappa shape index (κ1) is 7.09. The summed E-state index contributed by atoms with van der Waals surface area (Å²) in [6, 6.07) is 0. The maximum atomic E-state index is 5.48. The Labute approximate surface area is 47.7 Å². The lowest BCUT2D eigenvalue weighted by atomic mass is 10.8. The number of hydrogen-bond acceptors (Lipinski definition) is 1. The van der Waals surface area contributed by atoms with E-state index >= 15 is 0 Å². The Kier molecular flexibility index (Phi) is 4.31. The Morgan fingerprint density at radius 1 is 1.71 bits per heavy atom. The van der Waals surface area contributed by atoms with E-state index in [0.29, 0.717) is 0 Å². The van der Waals surface area contributed by atoms with E-state index in [2.05, 4.69) is 18.5 Å². The Hall–Kier alpha value is 0.0900. The van der Waals surface area contributed by atoms with Crippen molar-refractivity contribution in [2.75, 3.05) is 18.7 Å². The zero-order chi connectivity index (χ0) is 5.70. The highest BCUT2D eigenvalue weighted by atomic mass is 32.2. The van der Waals surface area contributed by atoms with Gasteiger partial charge in [-0.25, -0.2) is 0 Å². The molecule has 0 saturated heterocycles. The van der Waals surface area contributed by atoms with Crippen molar-refractivity contribution in [3.05, 3.63) is 0 Å². The Morgan fingerprint density at radius 3 is 2.43 bits per heavy atom. The molecule has 0 aromatic heterocycles. The fourth-order valence-corrected chi connectivity index (χ4v) is 0.864. The maximum Gasteiger partial charge on any atom is 0.0322 e. The van der Waals surface area contributed by atoms with E-state index in [-0.39, 0.29) is 10.3 Å². The van der Waals surface area contributed by atoms with Crippen LogP contribution in [0.4, 0.5) is 0 Å². The molecule has 0 spiro atoms. The molecule has 0 bridgehead atoms. The van der Waals surface area contributed by atoms with Gasteiger partial charge in [0.25, 0.3) is 0 Å². The molecule has 0 fully saturated rings. The maximum absolute atomic E-state index is 5.48. The second kappa shape index (κ2) is 4.25. The van der Waals surface area contributed by atoms with E-state index in [4.69, 9.17) is 5.69 Å². The van der Waals surface area contributed by atoms with E-state index in [1.807, 2.05) is 0 Å². The first-order chi connectivity index (χ1) is 3.27. The van der Waals surface area contributed by atoms with Crippen LogP contribution in [-0.2, 0) is 0 Å². The van der Waals surface area contributed by atoms with Crippen LogP contribution in [0.1, 0.15) is 6.92 Å². The quantitative estimate of drug-likeness (QED) is 0.512. The molecule has 1 atom stereocenters. The molecular weight excluding hydrogens is 106 g/mol. The van der Waals surface area contributed by atoms with Gasteiger partial charge in [-0.05, 0) is 12.8 Å². The van der Waals surface area contributed by atoms with Crippen molar-refractivity contribution >= 4 is 10.3 Å². The smallest absolute Gasteiger partial charge is 0.0322 e. The highest BCUT2D eigenvalue weighted by Gasteiger charge is 1.73. The molecule has 0 radical (unpaired) electrons. The average molecular weight is 119 g/mol. The van der Waals surface area contributed by atoms with Crippen LogP contribution in [0.15, 0.2) is 0 Å². The monoisotopic (exact) mass is 119 g/mol. The standard InChI is InChI=1S/C5H13NS/c1-4-6-5-7(2)3/h2,6-7H,4-5H2,1,3H3. The fourth-order valence-electron chi connectivity index (χ4n) is 0.288. The predicted molar refractivity (Wildman–Crippen MR) is 38.4 cm³/mol. The van der Waals surface area contributed by atoms with Crippen molar-refractivity contribution in [2.24, 2.45) is 0 Å². The molecule has 44 valence electrons. The number of hydrogen-bond donors (Lipinski definition) is 2. The van der Waals surface area contributed by atoms with Crippen LogP contribution in [0.5, 0.6) is 0 Å². The van der Waals surface area contributed by atoms with Crippen molar-refractivity contribution in [1.29, 1.82) is 0 Å². The molecule has 0 aliphatic rings. The summed E-state index contributed by atoms with van der Waals surface area (Å²) < 4.78 is 0. The largest absolute Gasteiger partial charge is 0.309 e. The van der Waals surface area contributed by atoms with Gasteiger partial charge in [0.2, 0.25) is 0 Å². The zero-order valence-corrected chi connectivity index (χ0v) is 5.83. The SMILES string of the molecule is C#[SH](C)CNCC. The molecule has 0 amide bonds. The molecule has 0 aliphatic heterocycles. The van der Waals surface area contributed by atoms with E-state index in [0.717, 1.165) is 12.4 Å². The summed E-state index contributed by atoms with van der Waals surface area (Å²) >= 11 is 0. The van der Waals surface area contributed by atoms with Crippen molar-refractivity contribution in [3.8, 4) is 5.69 Å². The first-order valence-corrected chi connectivity index (χ1v) is 4.48. The van der Waals surface area contributed by atoms with Crippen molar-refractivity contribution in [1.82, 2.24) is 5.32 Å². The van der Waals surface area contributed by atoms with Gasteiger partial charge in [0, 0.05) is 5.88 Å². The molecule has 0 saturated carbocycles. The molecule has 2 heteroatoms. The highest BCUT2D eigenvalue weighted by Crippen LogP contribution is 1.92. The molecule has 0 aromatic carbocycles. The summed E-state index contributed by atoms with van der Waals surface area (Å²) in [7, 11) is -0.217. The van der Waals surface area contributed by atoms with Gasteiger partial charge in [-0.15, -0.1) is 5.69 Å². The third kappa shape index (κ3) is 6.09. The van der Waals surface area contributed by atoms with E-state index in [9.17, 15) is 0 Å². The van der Waals surface area contributed by atoms with Gasteiger partial charge in [-0.2, -0.15) is 10.3 Å². The molecule has 7 heavy (non-hydrogen) atoms. The van der Waals surface area contributed by atoms with Gasteiger partial charge < -0.3 is 5.32 Å². The summed E-state index contributed by atoms with van der Waals surface area (Å²) in [5.74, 6) is 0.992. The van der Waals surface area contributed by atoms with Crippen LogP contribution in [0, 0.1) is 5.69 Å². The normalized spacial score (nSPS) is 13.9. The Morgan fingerprint density at radius 2 is 2.29 bits per heavy atom. The van der Waals surface area contributed by atoms with Crippen LogP contribution < -0.4 is 5.32 Å². The molecular formula is C5H13NS. The summed E-state index contributed by atoms with van der Waals surface area (Å²) in [5, 5.41) is 3.15. The lowest BCUT2D eigenvalue weighted by Crippen LogP contribution is -2.10. The zero-order valence-electron chi connectivity index (χ0n) is 4.94.